The average Bonchev–Trinajstić information content (AvgIpc) is 2.99. The van der Waals surface area contributed by atoms with Gasteiger partial charge in [-0.25, -0.2) is 13.2 Å². The van der Waals surface area contributed by atoms with Gasteiger partial charge in [0, 0.05) is 11.3 Å². The highest BCUT2D eigenvalue weighted by atomic mass is 32.2. The second-order valence-electron chi connectivity index (χ2n) is 6.41. The number of rotatable bonds is 6. The second kappa shape index (κ2) is 7.55. The highest BCUT2D eigenvalue weighted by molar-refractivity contribution is 7.91. The molecule has 0 unspecified atom stereocenters. The van der Waals surface area contributed by atoms with E-state index in [-0.39, 0.29) is 28.0 Å². The van der Waals surface area contributed by atoms with Gasteiger partial charge in [-0.05, 0) is 42.8 Å². The maximum Gasteiger partial charge on any atom is 0.339 e. The number of carbonyl (C=O) groups excluding carboxylic acids is 3. The van der Waals surface area contributed by atoms with E-state index in [0.29, 0.717) is 16.8 Å². The van der Waals surface area contributed by atoms with Gasteiger partial charge < -0.3 is 10.1 Å². The molecule has 0 aromatic heterocycles. The van der Waals surface area contributed by atoms with Crippen LogP contribution in [0.5, 0.6) is 0 Å². The molecule has 0 saturated carbocycles. The minimum Gasteiger partial charge on any atom is -0.454 e. The molecule has 1 aliphatic rings. The minimum absolute atomic E-state index is 0.102. The molecule has 0 saturated heterocycles. The highest BCUT2D eigenvalue weighted by Gasteiger charge is 2.27. The predicted octanol–water partition coefficient (Wildman–Crippen LogP) is 2.58. The summed E-state index contributed by atoms with van der Waals surface area (Å²) in [7, 11) is -3.61. The normalized spacial score (nSPS) is 15.6. The van der Waals surface area contributed by atoms with Crippen LogP contribution in [0.4, 0.5) is 5.69 Å². The van der Waals surface area contributed by atoms with Crippen molar-refractivity contribution < 1.29 is 27.5 Å². The molecule has 0 bridgehead atoms. The predicted molar refractivity (Wildman–Crippen MR) is 102 cm³/mol. The average molecular weight is 401 g/mol. The van der Waals surface area contributed by atoms with E-state index in [1.165, 1.54) is 31.2 Å². The molecule has 0 spiro atoms. The number of carbonyl (C=O) groups is 3. The maximum atomic E-state index is 12.4. The molecule has 3 rings (SSSR count). The van der Waals surface area contributed by atoms with Gasteiger partial charge in [-0.3, -0.25) is 9.59 Å². The van der Waals surface area contributed by atoms with Gasteiger partial charge in [0.05, 0.1) is 22.1 Å². The third-order valence-corrected chi connectivity index (χ3v) is 6.43. The number of ether oxygens (including phenoxy) is 1. The number of Topliss-reactive ketones (excluding diaryl/α,β-unsaturated/α-hetero) is 1. The van der Waals surface area contributed by atoms with Crippen molar-refractivity contribution in [2.75, 3.05) is 17.7 Å². The Morgan fingerprint density at radius 1 is 1.14 bits per heavy atom. The van der Waals surface area contributed by atoms with Crippen molar-refractivity contribution in [2.24, 2.45) is 0 Å². The van der Waals surface area contributed by atoms with Gasteiger partial charge in [-0.1, -0.05) is 19.1 Å². The molecule has 8 heteroatoms. The number of benzene rings is 2. The van der Waals surface area contributed by atoms with Crippen molar-refractivity contribution in [1.82, 2.24) is 0 Å². The molecule has 1 amide bonds. The van der Waals surface area contributed by atoms with Gasteiger partial charge in [0.25, 0.3) is 0 Å². The van der Waals surface area contributed by atoms with Crippen molar-refractivity contribution in [3.05, 3.63) is 59.2 Å². The molecule has 2 aromatic rings. The third kappa shape index (κ3) is 3.68. The summed E-state index contributed by atoms with van der Waals surface area (Å²) in [5.74, 6) is -1.99. The van der Waals surface area contributed by atoms with Crippen molar-refractivity contribution in [3.63, 3.8) is 0 Å². The van der Waals surface area contributed by atoms with Crippen LogP contribution in [0, 0.1) is 0 Å². The van der Waals surface area contributed by atoms with Gasteiger partial charge in [-0.15, -0.1) is 0 Å². The summed E-state index contributed by atoms with van der Waals surface area (Å²) in [6.45, 7) is 2.68. The summed E-state index contributed by atoms with van der Waals surface area (Å²) < 4.78 is 29.3. The molecule has 28 heavy (non-hydrogen) atoms. The number of nitrogens with one attached hydrogen (secondary N) is 1. The molecule has 2 aromatic carbocycles. The van der Waals surface area contributed by atoms with Crippen LogP contribution in [0.1, 0.15) is 46.0 Å². The SMILES string of the molecule is CCS(=O)(=O)c1ccccc1C(=O)OCC(=O)c1ccc2c(c1)[C@@H](C)C(=O)N2. The lowest BCUT2D eigenvalue weighted by molar-refractivity contribution is -0.116. The van der Waals surface area contributed by atoms with Crippen molar-refractivity contribution in [2.45, 2.75) is 24.7 Å². The molecule has 1 atom stereocenters. The summed E-state index contributed by atoms with van der Waals surface area (Å²) in [5.41, 5.74) is 1.57. The van der Waals surface area contributed by atoms with Crippen molar-refractivity contribution in [3.8, 4) is 0 Å². The van der Waals surface area contributed by atoms with E-state index in [1.807, 2.05) is 0 Å². The van der Waals surface area contributed by atoms with E-state index < -0.39 is 28.2 Å². The Bertz CT molecular complexity index is 1070. The molecule has 7 nitrogen and oxygen atoms in total. The standard InChI is InChI=1S/C20H19NO6S/c1-3-28(25,26)18-7-5-4-6-14(18)20(24)27-11-17(22)13-8-9-16-15(10-13)12(2)19(23)21-16/h4-10,12H,3,11H2,1-2H3,(H,21,23)/t12-/m1/s1. The number of hydrogen-bond acceptors (Lipinski definition) is 6. The lowest BCUT2D eigenvalue weighted by Gasteiger charge is -2.10. The molecule has 1 heterocycles. The number of ketones is 1. The van der Waals surface area contributed by atoms with Gasteiger partial charge in [0.15, 0.2) is 22.2 Å². The van der Waals surface area contributed by atoms with Crippen molar-refractivity contribution >= 4 is 33.2 Å². The zero-order chi connectivity index (χ0) is 20.5. The van der Waals surface area contributed by atoms with Crippen LogP contribution in [-0.4, -0.2) is 38.4 Å². The Hall–Kier alpha value is -3.00. The van der Waals surface area contributed by atoms with Crippen LogP contribution < -0.4 is 5.32 Å². The Morgan fingerprint density at radius 2 is 1.86 bits per heavy atom. The first-order chi connectivity index (χ1) is 13.2. The van der Waals surface area contributed by atoms with E-state index in [4.69, 9.17) is 4.74 Å². The highest BCUT2D eigenvalue weighted by Crippen LogP contribution is 2.32. The van der Waals surface area contributed by atoms with E-state index >= 15 is 0 Å². The lowest BCUT2D eigenvalue weighted by atomic mass is 9.99. The zero-order valence-corrected chi connectivity index (χ0v) is 16.2. The van der Waals surface area contributed by atoms with Gasteiger partial charge in [0.2, 0.25) is 5.91 Å². The Morgan fingerprint density at radius 3 is 2.57 bits per heavy atom. The molecule has 0 radical (unpaired) electrons. The van der Waals surface area contributed by atoms with Crippen LogP contribution in [0.3, 0.4) is 0 Å². The van der Waals surface area contributed by atoms with Crippen LogP contribution in [-0.2, 0) is 19.4 Å². The van der Waals surface area contributed by atoms with Crippen LogP contribution >= 0.6 is 0 Å². The monoisotopic (exact) mass is 401 g/mol. The quantitative estimate of drug-likeness (QED) is 0.589. The number of sulfone groups is 1. The summed E-state index contributed by atoms with van der Waals surface area (Å²) in [6, 6.07) is 10.5. The second-order valence-corrected chi connectivity index (χ2v) is 8.66. The minimum atomic E-state index is -3.61. The Kier molecular flexibility index (Phi) is 5.33. The summed E-state index contributed by atoms with van der Waals surface area (Å²) in [6.07, 6.45) is 0. The van der Waals surface area contributed by atoms with Crippen LogP contribution in [0.25, 0.3) is 0 Å². The molecular formula is C20H19NO6S. The summed E-state index contributed by atoms with van der Waals surface area (Å²) >= 11 is 0. The Labute approximate surface area is 162 Å². The first-order valence-corrected chi connectivity index (χ1v) is 10.4. The fourth-order valence-corrected chi connectivity index (χ4v) is 4.03. The number of anilines is 1. The molecule has 0 aliphatic carbocycles. The van der Waals surface area contributed by atoms with E-state index in [1.54, 1.807) is 25.1 Å². The van der Waals surface area contributed by atoms with E-state index in [9.17, 15) is 22.8 Å². The number of fused-ring (bicyclic) bond motifs is 1. The van der Waals surface area contributed by atoms with Gasteiger partial charge >= 0.3 is 5.97 Å². The van der Waals surface area contributed by atoms with E-state index in [0.717, 1.165) is 0 Å². The molecule has 1 N–H and O–H groups in total. The first-order valence-electron chi connectivity index (χ1n) is 8.71. The first kappa shape index (κ1) is 19.8. The zero-order valence-electron chi connectivity index (χ0n) is 15.4. The number of hydrogen-bond donors (Lipinski definition) is 1. The van der Waals surface area contributed by atoms with Gasteiger partial charge in [-0.2, -0.15) is 0 Å². The number of amides is 1. The van der Waals surface area contributed by atoms with E-state index in [2.05, 4.69) is 5.32 Å². The summed E-state index contributed by atoms with van der Waals surface area (Å²) in [4.78, 5) is 36.3. The fourth-order valence-electron chi connectivity index (χ4n) is 2.94. The molecule has 146 valence electrons. The van der Waals surface area contributed by atoms with Crippen molar-refractivity contribution in [1.29, 1.82) is 0 Å². The third-order valence-electron chi connectivity index (χ3n) is 4.65. The van der Waals surface area contributed by atoms with Gasteiger partial charge in [0.1, 0.15) is 0 Å². The topological polar surface area (TPSA) is 107 Å². The maximum absolute atomic E-state index is 12.4. The summed E-state index contributed by atoms with van der Waals surface area (Å²) in [5, 5.41) is 2.72. The largest absolute Gasteiger partial charge is 0.454 e. The smallest absolute Gasteiger partial charge is 0.339 e. The lowest BCUT2D eigenvalue weighted by Crippen LogP contribution is -2.17. The molecule has 1 aliphatic heterocycles. The molecule has 0 fully saturated rings. The van der Waals surface area contributed by atoms with Crippen LogP contribution in [0.15, 0.2) is 47.4 Å². The van der Waals surface area contributed by atoms with Crippen LogP contribution in [0.2, 0.25) is 0 Å². The molecular weight excluding hydrogens is 382 g/mol. The number of esters is 1. The Balaban J connectivity index is 1.75. The fraction of sp³-hybridized carbons (Fsp3) is 0.250.